The Hall–Kier alpha value is -1.92. The summed E-state index contributed by atoms with van der Waals surface area (Å²) in [5.41, 5.74) is 0.657. The number of ether oxygens (including phenoxy) is 2. The van der Waals surface area contributed by atoms with Crippen LogP contribution in [0.4, 0.5) is 0 Å². The zero-order chi connectivity index (χ0) is 18.1. The van der Waals surface area contributed by atoms with Gasteiger partial charge in [-0.3, -0.25) is 9.59 Å². The van der Waals surface area contributed by atoms with E-state index < -0.39 is 0 Å². The van der Waals surface area contributed by atoms with Gasteiger partial charge in [0.1, 0.15) is 5.75 Å². The van der Waals surface area contributed by atoms with Gasteiger partial charge in [0.2, 0.25) is 0 Å². The van der Waals surface area contributed by atoms with Gasteiger partial charge in [0.25, 0.3) is 5.91 Å². The summed E-state index contributed by atoms with van der Waals surface area (Å²) in [7, 11) is 1.70. The van der Waals surface area contributed by atoms with Crippen LogP contribution in [0.25, 0.3) is 0 Å². The number of carbonyl (C=O) groups excluding carboxylic acids is 2. The Kier molecular flexibility index (Phi) is 7.40. The van der Waals surface area contributed by atoms with Crippen LogP contribution < -0.4 is 15.4 Å². The highest BCUT2D eigenvalue weighted by atomic mass is 16.5. The molecule has 1 aromatic rings. The van der Waals surface area contributed by atoms with Gasteiger partial charge in [0.15, 0.2) is 12.4 Å². The molecule has 1 aliphatic heterocycles. The number of hydrogen-bond acceptors (Lipinski definition) is 5. The average Bonchev–Trinajstić information content (AvgIpc) is 2.65. The third-order valence-electron chi connectivity index (χ3n) is 4.64. The second-order valence-electron chi connectivity index (χ2n) is 6.55. The van der Waals surface area contributed by atoms with Gasteiger partial charge in [-0.15, -0.1) is 0 Å². The maximum absolute atomic E-state index is 12.1. The van der Waals surface area contributed by atoms with Crippen LogP contribution in [0.15, 0.2) is 24.3 Å². The van der Waals surface area contributed by atoms with Crippen molar-refractivity contribution in [1.82, 2.24) is 10.6 Å². The number of nitrogens with one attached hydrogen (secondary N) is 2. The van der Waals surface area contributed by atoms with Crippen molar-refractivity contribution in [2.75, 3.05) is 40.0 Å². The minimum absolute atomic E-state index is 0.00216. The number of amides is 1. The first-order valence-corrected chi connectivity index (χ1v) is 8.81. The molecule has 0 aliphatic carbocycles. The van der Waals surface area contributed by atoms with Gasteiger partial charge in [-0.25, -0.2) is 0 Å². The second kappa shape index (κ2) is 9.53. The standard InChI is InChI=1S/C19H28N2O4/c1-3-17(22)15-4-6-16(7-5-15)25-12-18(23)21-13-19(14-24-2)8-10-20-11-9-19/h4-7,20H,3,8-14H2,1-2H3,(H,21,23). The molecule has 1 saturated heterocycles. The Morgan fingerprint density at radius 2 is 1.88 bits per heavy atom. The number of methoxy groups -OCH3 is 1. The van der Waals surface area contributed by atoms with Crippen LogP contribution in [-0.2, 0) is 9.53 Å². The summed E-state index contributed by atoms with van der Waals surface area (Å²) in [4.78, 5) is 23.7. The quantitative estimate of drug-likeness (QED) is 0.666. The molecule has 1 amide bonds. The van der Waals surface area contributed by atoms with Gasteiger partial charge in [-0.2, -0.15) is 0 Å². The topological polar surface area (TPSA) is 76.7 Å². The van der Waals surface area contributed by atoms with Gasteiger partial charge in [-0.1, -0.05) is 6.92 Å². The van der Waals surface area contributed by atoms with E-state index in [2.05, 4.69) is 10.6 Å². The number of Topliss-reactive ketones (excluding diaryl/α,β-unsaturated/α-hetero) is 1. The Balaban J connectivity index is 1.79. The Bertz CT molecular complexity index is 560. The van der Waals surface area contributed by atoms with Crippen molar-refractivity contribution >= 4 is 11.7 Å². The summed E-state index contributed by atoms with van der Waals surface area (Å²) in [6, 6.07) is 6.88. The lowest BCUT2D eigenvalue weighted by Crippen LogP contribution is -2.47. The predicted octanol–water partition coefficient (Wildman–Crippen LogP) is 1.79. The summed E-state index contributed by atoms with van der Waals surface area (Å²) in [6.45, 7) is 4.91. The van der Waals surface area contributed by atoms with Gasteiger partial charge < -0.3 is 20.1 Å². The van der Waals surface area contributed by atoms with E-state index in [1.165, 1.54) is 0 Å². The van der Waals surface area contributed by atoms with E-state index in [1.54, 1.807) is 31.4 Å². The number of piperidine rings is 1. The molecule has 0 unspecified atom stereocenters. The molecule has 0 saturated carbocycles. The minimum Gasteiger partial charge on any atom is -0.484 e. The Morgan fingerprint density at radius 1 is 1.20 bits per heavy atom. The number of carbonyl (C=O) groups is 2. The molecule has 1 heterocycles. The average molecular weight is 348 g/mol. The van der Waals surface area contributed by atoms with Crippen LogP contribution in [0.1, 0.15) is 36.5 Å². The molecule has 2 N–H and O–H groups in total. The first kappa shape index (κ1) is 19.4. The molecule has 1 aliphatic rings. The van der Waals surface area contributed by atoms with E-state index in [0.717, 1.165) is 25.9 Å². The number of rotatable bonds is 9. The first-order chi connectivity index (χ1) is 12.1. The van der Waals surface area contributed by atoms with Crippen LogP contribution in [0.5, 0.6) is 5.75 Å². The fourth-order valence-corrected chi connectivity index (χ4v) is 3.06. The first-order valence-electron chi connectivity index (χ1n) is 8.81. The van der Waals surface area contributed by atoms with Crippen LogP contribution in [0.2, 0.25) is 0 Å². The van der Waals surface area contributed by atoms with E-state index >= 15 is 0 Å². The molecule has 0 bridgehead atoms. The molecular formula is C19H28N2O4. The highest BCUT2D eigenvalue weighted by Gasteiger charge is 2.32. The van der Waals surface area contributed by atoms with Crippen molar-refractivity contribution < 1.29 is 19.1 Å². The fourth-order valence-electron chi connectivity index (χ4n) is 3.06. The van der Waals surface area contributed by atoms with Crippen LogP contribution in [0.3, 0.4) is 0 Å². The van der Waals surface area contributed by atoms with Crippen molar-refractivity contribution in [1.29, 1.82) is 0 Å². The van der Waals surface area contributed by atoms with Gasteiger partial charge in [0.05, 0.1) is 6.61 Å². The lowest BCUT2D eigenvalue weighted by molar-refractivity contribution is -0.124. The fraction of sp³-hybridized carbons (Fsp3) is 0.579. The third-order valence-corrected chi connectivity index (χ3v) is 4.64. The van der Waals surface area contributed by atoms with Crippen molar-refractivity contribution in [3.8, 4) is 5.75 Å². The Labute approximate surface area is 149 Å². The smallest absolute Gasteiger partial charge is 0.257 e. The van der Waals surface area contributed by atoms with E-state index in [4.69, 9.17) is 9.47 Å². The number of hydrogen-bond donors (Lipinski definition) is 2. The predicted molar refractivity (Wildman–Crippen MR) is 96.0 cm³/mol. The summed E-state index contributed by atoms with van der Waals surface area (Å²) >= 11 is 0. The van der Waals surface area contributed by atoms with Crippen molar-refractivity contribution in [2.24, 2.45) is 5.41 Å². The summed E-state index contributed by atoms with van der Waals surface area (Å²) in [5.74, 6) is 0.522. The van der Waals surface area contributed by atoms with E-state index in [-0.39, 0.29) is 23.7 Å². The molecule has 0 atom stereocenters. The lowest BCUT2D eigenvalue weighted by Gasteiger charge is -2.37. The maximum Gasteiger partial charge on any atom is 0.257 e. The van der Waals surface area contributed by atoms with Gasteiger partial charge in [-0.05, 0) is 50.2 Å². The molecule has 25 heavy (non-hydrogen) atoms. The zero-order valence-electron chi connectivity index (χ0n) is 15.1. The molecule has 0 spiro atoms. The molecule has 1 aromatic carbocycles. The third kappa shape index (κ3) is 5.83. The molecule has 0 radical (unpaired) electrons. The van der Waals surface area contributed by atoms with E-state index in [0.29, 0.717) is 30.9 Å². The van der Waals surface area contributed by atoms with Crippen molar-refractivity contribution in [3.05, 3.63) is 29.8 Å². The normalized spacial score (nSPS) is 16.2. The Morgan fingerprint density at radius 3 is 2.48 bits per heavy atom. The van der Waals surface area contributed by atoms with E-state index in [9.17, 15) is 9.59 Å². The molecule has 0 aromatic heterocycles. The molecule has 6 heteroatoms. The zero-order valence-corrected chi connectivity index (χ0v) is 15.1. The summed E-state index contributed by atoms with van der Waals surface area (Å²) in [5, 5.41) is 6.29. The monoisotopic (exact) mass is 348 g/mol. The van der Waals surface area contributed by atoms with Crippen LogP contribution in [-0.4, -0.2) is 51.6 Å². The molecule has 1 fully saturated rings. The van der Waals surface area contributed by atoms with Gasteiger partial charge >= 0.3 is 0 Å². The maximum atomic E-state index is 12.1. The summed E-state index contributed by atoms with van der Waals surface area (Å²) < 4.78 is 10.9. The molecular weight excluding hydrogens is 320 g/mol. The highest BCUT2D eigenvalue weighted by Crippen LogP contribution is 2.28. The highest BCUT2D eigenvalue weighted by molar-refractivity contribution is 5.95. The van der Waals surface area contributed by atoms with Crippen molar-refractivity contribution in [3.63, 3.8) is 0 Å². The van der Waals surface area contributed by atoms with E-state index in [1.807, 2.05) is 6.92 Å². The number of benzene rings is 1. The van der Waals surface area contributed by atoms with Gasteiger partial charge in [0, 0.05) is 31.1 Å². The lowest BCUT2D eigenvalue weighted by atomic mass is 9.79. The van der Waals surface area contributed by atoms with Crippen LogP contribution >= 0.6 is 0 Å². The second-order valence-corrected chi connectivity index (χ2v) is 6.55. The minimum atomic E-state index is -0.150. The molecule has 138 valence electrons. The SMILES string of the molecule is CCC(=O)c1ccc(OCC(=O)NCC2(COC)CCNCC2)cc1. The largest absolute Gasteiger partial charge is 0.484 e. The summed E-state index contributed by atoms with van der Waals surface area (Å²) in [6.07, 6.45) is 2.44. The number of ketones is 1. The molecule has 6 nitrogen and oxygen atoms in total. The van der Waals surface area contributed by atoms with Crippen molar-refractivity contribution in [2.45, 2.75) is 26.2 Å². The molecule has 2 rings (SSSR count). The van der Waals surface area contributed by atoms with Crippen LogP contribution in [0, 0.1) is 5.41 Å².